The second-order valence-corrected chi connectivity index (χ2v) is 2.20. The molecule has 0 N–H and O–H groups in total. The molecule has 0 saturated heterocycles. The van der Waals surface area contributed by atoms with Gasteiger partial charge in [0.15, 0.2) is 0 Å². The van der Waals surface area contributed by atoms with E-state index in [4.69, 9.17) is 0 Å². The van der Waals surface area contributed by atoms with Crippen LogP contribution in [0, 0.1) is 112 Å². The number of carbonyl (C=O) groups excluding carboxylic acids is 1. The predicted molar refractivity (Wildman–Crippen MR) is 31.5 cm³/mol. The van der Waals surface area contributed by atoms with E-state index in [1.807, 2.05) is 6.92 Å². The van der Waals surface area contributed by atoms with Crippen LogP contribution in [0.2, 0.25) is 0 Å². The Morgan fingerprint density at radius 3 is 2.09 bits per heavy atom. The molecule has 0 fully saturated rings. The summed E-state index contributed by atoms with van der Waals surface area (Å²) >= 11 is 1.25. The first kappa shape index (κ1) is 19.2. The summed E-state index contributed by atoms with van der Waals surface area (Å²) in [7, 11) is 0. The summed E-state index contributed by atoms with van der Waals surface area (Å²) in [5.74, 6) is 0. The van der Waals surface area contributed by atoms with Crippen molar-refractivity contribution in [3.63, 3.8) is 0 Å². The van der Waals surface area contributed by atoms with Gasteiger partial charge in [0.25, 0.3) is 0 Å². The van der Waals surface area contributed by atoms with E-state index in [-0.39, 0.29) is 93.3 Å². The van der Waals surface area contributed by atoms with Crippen molar-refractivity contribution >= 4 is 17.6 Å². The first-order valence-corrected chi connectivity index (χ1v) is 2.93. The van der Waals surface area contributed by atoms with Crippen LogP contribution >= 0.6 is 11.3 Å². The molecule has 0 saturated carbocycles. The summed E-state index contributed by atoms with van der Waals surface area (Å²) in [6.07, 6.45) is 1.73. The van der Waals surface area contributed by atoms with E-state index in [2.05, 4.69) is 11.4 Å². The molecule has 0 aromatic carbocycles. The fourth-order valence-electron chi connectivity index (χ4n) is 0.395. The molecule has 0 spiro atoms. The molecule has 0 radical (unpaired) electrons. The molecule has 54 valence electrons. The van der Waals surface area contributed by atoms with Crippen LogP contribution in [-0.2, 0) is 4.79 Å². The van der Waals surface area contributed by atoms with E-state index in [0.717, 1.165) is 5.56 Å². The van der Waals surface area contributed by atoms with Crippen LogP contribution < -0.4 is 0 Å². The molecular formula is C6H3OSU3-3. The van der Waals surface area contributed by atoms with Crippen LogP contribution in [0.1, 0.15) is 10.4 Å². The van der Waals surface area contributed by atoms with Crippen molar-refractivity contribution in [1.82, 2.24) is 0 Å². The van der Waals surface area contributed by atoms with Crippen molar-refractivity contribution in [2.75, 3.05) is 0 Å². The molecule has 0 bridgehead atoms. The van der Waals surface area contributed by atoms with Crippen LogP contribution in [0.25, 0.3) is 0 Å². The van der Waals surface area contributed by atoms with Crippen LogP contribution in [0.4, 0.5) is 0 Å². The molecule has 5 heteroatoms. The quantitative estimate of drug-likeness (QED) is 0.389. The molecular weight excluding hydrogens is 834 g/mol. The third-order valence-corrected chi connectivity index (χ3v) is 1.50. The van der Waals surface area contributed by atoms with Crippen LogP contribution in [0.3, 0.4) is 0 Å². The summed E-state index contributed by atoms with van der Waals surface area (Å²) in [4.78, 5) is 10.4. The van der Waals surface area contributed by atoms with Crippen molar-refractivity contribution in [1.29, 1.82) is 0 Å². The third kappa shape index (κ3) is 7.59. The van der Waals surface area contributed by atoms with Gasteiger partial charge in [0.2, 0.25) is 0 Å². The molecule has 1 rings (SSSR count). The van der Waals surface area contributed by atoms with E-state index in [0.29, 0.717) is 4.88 Å². The Hall–Kier alpha value is 2.53. The van der Waals surface area contributed by atoms with Crippen molar-refractivity contribution < 1.29 is 98.1 Å². The van der Waals surface area contributed by atoms with Gasteiger partial charge in [-0.15, -0.1) is 0 Å². The fraction of sp³-hybridized carbons (Fsp3) is 0.167. The minimum Gasteiger partial charge on any atom is -0.648 e. The van der Waals surface area contributed by atoms with Gasteiger partial charge in [-0.25, -0.2) is 0 Å². The number of hydrogen-bond acceptors (Lipinski definition) is 2. The molecule has 1 aromatic heterocycles. The van der Waals surface area contributed by atoms with Gasteiger partial charge in [0.1, 0.15) is 0 Å². The minimum absolute atomic E-state index is 0. The Morgan fingerprint density at radius 2 is 1.91 bits per heavy atom. The first-order valence-electron chi connectivity index (χ1n) is 2.11. The molecule has 0 atom stereocenters. The zero-order valence-electron chi connectivity index (χ0n) is 5.82. The Bertz CT molecular complexity index is 199. The molecule has 1 heterocycles. The summed E-state index contributed by atoms with van der Waals surface area (Å²) in [6, 6.07) is 2.77. The first-order chi connectivity index (χ1) is 3.83. The molecule has 0 amide bonds. The van der Waals surface area contributed by atoms with Crippen molar-refractivity contribution in [2.45, 2.75) is 6.92 Å². The van der Waals surface area contributed by atoms with E-state index >= 15 is 0 Å². The second-order valence-electron chi connectivity index (χ2n) is 1.39. The maximum absolute atomic E-state index is 9.85. The largest absolute Gasteiger partial charge is 0.648 e. The maximum Gasteiger partial charge on any atom is 0 e. The Balaban J connectivity index is -0.000000213. The van der Waals surface area contributed by atoms with Crippen molar-refractivity contribution in [3.05, 3.63) is 21.9 Å². The molecule has 1 aromatic rings. The Morgan fingerprint density at radius 1 is 1.36 bits per heavy atom. The molecule has 11 heavy (non-hydrogen) atoms. The van der Waals surface area contributed by atoms with Gasteiger partial charge >= 0.3 is 0 Å². The SMILES string of the molecule is Cc1[c-]sc([C-]=O)[c-]1.[U].[U].[U]. The van der Waals surface area contributed by atoms with E-state index in [1.165, 1.54) is 11.3 Å². The second kappa shape index (κ2) is 10.6. The van der Waals surface area contributed by atoms with Gasteiger partial charge < -0.3 is 44.3 Å². The van der Waals surface area contributed by atoms with Gasteiger partial charge in [0, 0.05) is 93.3 Å². The van der Waals surface area contributed by atoms with Gasteiger partial charge in [-0.3, -0.25) is 0 Å². The van der Waals surface area contributed by atoms with Gasteiger partial charge in [-0.05, 0) is 0 Å². The van der Waals surface area contributed by atoms with Crippen molar-refractivity contribution in [3.8, 4) is 0 Å². The molecule has 0 aliphatic carbocycles. The Kier molecular flexibility index (Phi) is 18.5. The van der Waals surface area contributed by atoms with Crippen LogP contribution in [-0.4, -0.2) is 6.29 Å². The summed E-state index contributed by atoms with van der Waals surface area (Å²) in [5.41, 5.74) is 0.883. The fourth-order valence-corrected chi connectivity index (χ4v) is 0.947. The molecule has 0 aliphatic rings. The summed E-state index contributed by atoms with van der Waals surface area (Å²) < 4.78 is 0. The molecule has 0 unspecified atom stereocenters. The number of thiophene rings is 1. The average Bonchev–Trinajstić information content (AvgIpc) is 2.14. The molecule has 0 aliphatic heterocycles. The minimum atomic E-state index is 0. The molecule has 1 nitrogen and oxygen atoms in total. The smallest absolute Gasteiger partial charge is 0 e. The third-order valence-electron chi connectivity index (χ3n) is 0.700. The zero-order valence-corrected chi connectivity index (χ0v) is 19.1. The average molecular weight is 837 g/mol. The monoisotopic (exact) mass is 837 g/mol. The van der Waals surface area contributed by atoms with E-state index in [9.17, 15) is 4.79 Å². The topological polar surface area (TPSA) is 17.1 Å². The normalized spacial score (nSPS) is 6.64. The van der Waals surface area contributed by atoms with Gasteiger partial charge in [0.05, 0.1) is 0 Å². The summed E-state index contributed by atoms with van der Waals surface area (Å²) in [6.45, 7) is 1.84. The zero-order chi connectivity index (χ0) is 5.98. The maximum atomic E-state index is 9.85. The standard InChI is InChI=1S/C6H3OS.3U/c1-5-2-6(3-7)8-4-5;;;/h1H3;;;/q-3;;;. The van der Waals surface area contributed by atoms with Crippen molar-refractivity contribution in [2.24, 2.45) is 0 Å². The van der Waals surface area contributed by atoms with Crippen LogP contribution in [0.15, 0.2) is 0 Å². The number of rotatable bonds is 1. The number of hydrogen-bond donors (Lipinski definition) is 0. The van der Waals surface area contributed by atoms with Crippen LogP contribution in [0.5, 0.6) is 0 Å². The predicted octanol–water partition coefficient (Wildman–Crippen LogP) is 1.11. The van der Waals surface area contributed by atoms with Gasteiger partial charge in [-0.2, -0.15) is 0 Å². The Labute approximate surface area is 142 Å². The van der Waals surface area contributed by atoms with Gasteiger partial charge in [-0.1, -0.05) is 6.92 Å². The number of aryl methyl sites for hydroxylation is 1. The van der Waals surface area contributed by atoms with E-state index < -0.39 is 0 Å². The van der Waals surface area contributed by atoms with E-state index in [1.54, 1.807) is 6.29 Å². The summed E-state index contributed by atoms with van der Waals surface area (Å²) in [5, 5.41) is 2.84.